The summed E-state index contributed by atoms with van der Waals surface area (Å²) in [6.45, 7) is 2.75. The first-order valence-electron chi connectivity index (χ1n) is 3.89. The highest BCUT2D eigenvalue weighted by atomic mass is 19.1. The van der Waals surface area contributed by atoms with Crippen LogP contribution < -0.4 is 10.5 Å². The van der Waals surface area contributed by atoms with Gasteiger partial charge in [0.1, 0.15) is 11.6 Å². The molecule has 0 spiro atoms. The number of rotatable bonds is 3. The van der Waals surface area contributed by atoms with Crippen LogP contribution in [0.5, 0.6) is 5.75 Å². The summed E-state index contributed by atoms with van der Waals surface area (Å²) in [5.74, 6) is 0.389. The number of hydrogen-bond acceptors (Lipinski definition) is 2. The van der Waals surface area contributed by atoms with Crippen molar-refractivity contribution < 1.29 is 9.13 Å². The second-order valence-corrected chi connectivity index (χ2v) is 2.39. The molecule has 0 heterocycles. The summed E-state index contributed by atoms with van der Waals surface area (Å²) in [7, 11) is 0. The summed E-state index contributed by atoms with van der Waals surface area (Å²) in [5, 5.41) is 0. The molecular weight excluding hydrogens is 157 g/mol. The topological polar surface area (TPSA) is 35.2 Å². The van der Waals surface area contributed by atoms with Crippen molar-refractivity contribution in [1.82, 2.24) is 0 Å². The van der Waals surface area contributed by atoms with Gasteiger partial charge in [0, 0.05) is 12.1 Å². The quantitative estimate of drug-likeness (QED) is 0.747. The molecule has 0 aromatic heterocycles. The molecule has 0 bridgehead atoms. The summed E-state index contributed by atoms with van der Waals surface area (Å²) in [5.41, 5.74) is 6.11. The monoisotopic (exact) mass is 169 g/mol. The summed E-state index contributed by atoms with van der Waals surface area (Å²) in [6, 6.07) is 4.36. The van der Waals surface area contributed by atoms with Crippen molar-refractivity contribution in [1.29, 1.82) is 0 Å². The predicted octanol–water partition coefficient (Wildman–Crippen LogP) is 1.68. The molecule has 1 aromatic rings. The van der Waals surface area contributed by atoms with Crippen LogP contribution >= 0.6 is 0 Å². The van der Waals surface area contributed by atoms with Crippen LogP contribution in [0.1, 0.15) is 12.5 Å². The van der Waals surface area contributed by atoms with Gasteiger partial charge < -0.3 is 10.5 Å². The molecule has 0 fully saturated rings. The van der Waals surface area contributed by atoms with Crippen LogP contribution in [0, 0.1) is 5.82 Å². The van der Waals surface area contributed by atoms with Gasteiger partial charge in [-0.3, -0.25) is 0 Å². The molecule has 2 nitrogen and oxygen atoms in total. The molecule has 0 amide bonds. The molecule has 3 heteroatoms. The minimum atomic E-state index is -0.279. The first kappa shape index (κ1) is 9.00. The van der Waals surface area contributed by atoms with E-state index in [0.717, 1.165) is 0 Å². The number of ether oxygens (including phenoxy) is 1. The minimum absolute atomic E-state index is 0.279. The fourth-order valence-electron chi connectivity index (χ4n) is 1.00. The molecule has 0 aliphatic carbocycles. The van der Waals surface area contributed by atoms with E-state index in [1.165, 1.54) is 12.1 Å². The predicted molar refractivity (Wildman–Crippen MR) is 45.5 cm³/mol. The van der Waals surface area contributed by atoms with Crippen LogP contribution in [-0.2, 0) is 6.54 Å². The number of benzene rings is 1. The largest absolute Gasteiger partial charge is 0.494 e. The molecule has 12 heavy (non-hydrogen) atoms. The Morgan fingerprint density at radius 2 is 2.25 bits per heavy atom. The fourth-order valence-corrected chi connectivity index (χ4v) is 1.00. The Hall–Kier alpha value is -1.09. The maximum absolute atomic E-state index is 12.7. The molecule has 2 N–H and O–H groups in total. The molecule has 66 valence electrons. The van der Waals surface area contributed by atoms with Gasteiger partial charge in [-0.25, -0.2) is 4.39 Å². The van der Waals surface area contributed by atoms with E-state index in [4.69, 9.17) is 10.5 Å². The van der Waals surface area contributed by atoms with E-state index < -0.39 is 0 Å². The highest BCUT2D eigenvalue weighted by molar-refractivity contribution is 5.33. The fraction of sp³-hybridized carbons (Fsp3) is 0.333. The van der Waals surface area contributed by atoms with E-state index in [2.05, 4.69) is 0 Å². The third-order valence-corrected chi connectivity index (χ3v) is 1.54. The van der Waals surface area contributed by atoms with E-state index in [1.54, 1.807) is 6.07 Å². The summed E-state index contributed by atoms with van der Waals surface area (Å²) < 4.78 is 17.9. The molecular formula is C9H12FNO. The lowest BCUT2D eigenvalue weighted by Crippen LogP contribution is -2.02. The smallest absolute Gasteiger partial charge is 0.123 e. The molecule has 1 rings (SSSR count). The van der Waals surface area contributed by atoms with E-state index in [1.807, 2.05) is 6.92 Å². The van der Waals surface area contributed by atoms with E-state index in [0.29, 0.717) is 24.5 Å². The lowest BCUT2D eigenvalue weighted by molar-refractivity contribution is 0.336. The molecule has 0 aliphatic heterocycles. The summed E-state index contributed by atoms with van der Waals surface area (Å²) in [4.78, 5) is 0. The maximum atomic E-state index is 12.7. The average molecular weight is 169 g/mol. The van der Waals surface area contributed by atoms with Crippen molar-refractivity contribution in [2.24, 2.45) is 5.73 Å². The molecule has 0 aliphatic rings. The number of hydrogen-bond donors (Lipinski definition) is 1. The van der Waals surface area contributed by atoms with Crippen LogP contribution in [0.15, 0.2) is 18.2 Å². The standard InChI is InChI=1S/C9H12FNO/c1-2-12-9-4-3-8(10)5-7(9)6-11/h3-5H,2,6,11H2,1H3. The van der Waals surface area contributed by atoms with Gasteiger partial charge in [0.15, 0.2) is 0 Å². The molecule has 0 atom stereocenters. The minimum Gasteiger partial charge on any atom is -0.494 e. The Kier molecular flexibility index (Phi) is 3.05. The molecule has 1 aromatic carbocycles. The van der Waals surface area contributed by atoms with Gasteiger partial charge in [-0.1, -0.05) is 0 Å². The van der Waals surface area contributed by atoms with E-state index in [-0.39, 0.29) is 5.82 Å². The zero-order chi connectivity index (χ0) is 8.97. The van der Waals surface area contributed by atoms with Crippen LogP contribution in [0.3, 0.4) is 0 Å². The van der Waals surface area contributed by atoms with Gasteiger partial charge in [0.25, 0.3) is 0 Å². The Morgan fingerprint density at radius 3 is 2.83 bits per heavy atom. The Balaban J connectivity index is 2.94. The number of nitrogens with two attached hydrogens (primary N) is 1. The van der Waals surface area contributed by atoms with Crippen molar-refractivity contribution in [3.63, 3.8) is 0 Å². The lowest BCUT2D eigenvalue weighted by atomic mass is 10.2. The van der Waals surface area contributed by atoms with E-state index >= 15 is 0 Å². The Bertz CT molecular complexity index is 263. The first-order chi connectivity index (χ1) is 5.77. The van der Waals surface area contributed by atoms with Gasteiger partial charge >= 0.3 is 0 Å². The van der Waals surface area contributed by atoms with E-state index in [9.17, 15) is 4.39 Å². The number of halogens is 1. The highest BCUT2D eigenvalue weighted by Crippen LogP contribution is 2.18. The highest BCUT2D eigenvalue weighted by Gasteiger charge is 2.02. The van der Waals surface area contributed by atoms with Crippen molar-refractivity contribution in [2.75, 3.05) is 6.61 Å². The van der Waals surface area contributed by atoms with Gasteiger partial charge in [-0.2, -0.15) is 0 Å². The SMILES string of the molecule is CCOc1ccc(F)cc1CN. The summed E-state index contributed by atoms with van der Waals surface area (Å²) >= 11 is 0. The van der Waals surface area contributed by atoms with Crippen LogP contribution in [0.2, 0.25) is 0 Å². The normalized spacial score (nSPS) is 9.92. The van der Waals surface area contributed by atoms with Crippen LogP contribution in [0.4, 0.5) is 4.39 Å². The lowest BCUT2D eigenvalue weighted by Gasteiger charge is -2.07. The molecule has 0 radical (unpaired) electrons. The van der Waals surface area contributed by atoms with Crippen molar-refractivity contribution in [3.05, 3.63) is 29.6 Å². The van der Waals surface area contributed by atoms with Crippen molar-refractivity contribution >= 4 is 0 Å². The van der Waals surface area contributed by atoms with Crippen molar-refractivity contribution in [3.8, 4) is 5.75 Å². The van der Waals surface area contributed by atoms with Crippen LogP contribution in [0.25, 0.3) is 0 Å². The Labute approximate surface area is 71.1 Å². The van der Waals surface area contributed by atoms with Gasteiger partial charge in [0.05, 0.1) is 6.61 Å². The maximum Gasteiger partial charge on any atom is 0.123 e. The van der Waals surface area contributed by atoms with Gasteiger partial charge in [-0.15, -0.1) is 0 Å². The van der Waals surface area contributed by atoms with Crippen LogP contribution in [-0.4, -0.2) is 6.61 Å². The molecule has 0 saturated heterocycles. The average Bonchev–Trinajstić information content (AvgIpc) is 2.08. The van der Waals surface area contributed by atoms with Gasteiger partial charge in [-0.05, 0) is 25.1 Å². The van der Waals surface area contributed by atoms with Crippen molar-refractivity contribution in [2.45, 2.75) is 13.5 Å². The third-order valence-electron chi connectivity index (χ3n) is 1.54. The zero-order valence-electron chi connectivity index (χ0n) is 7.01. The second-order valence-electron chi connectivity index (χ2n) is 2.39. The second kappa shape index (κ2) is 4.07. The van der Waals surface area contributed by atoms with Gasteiger partial charge in [0.2, 0.25) is 0 Å². The Morgan fingerprint density at radius 1 is 1.50 bits per heavy atom. The molecule has 0 unspecified atom stereocenters. The molecule has 0 saturated carbocycles. The third kappa shape index (κ3) is 1.95. The summed E-state index contributed by atoms with van der Waals surface area (Å²) in [6.07, 6.45) is 0. The first-order valence-corrected chi connectivity index (χ1v) is 3.89. The zero-order valence-corrected chi connectivity index (χ0v) is 7.01.